The summed E-state index contributed by atoms with van der Waals surface area (Å²) < 4.78 is 23.6. The Morgan fingerprint density at radius 2 is 1.95 bits per heavy atom. The smallest absolute Gasteiger partial charge is 0.258 e. The van der Waals surface area contributed by atoms with Gasteiger partial charge in [-0.2, -0.15) is 0 Å². The van der Waals surface area contributed by atoms with Gasteiger partial charge in [0, 0.05) is 17.5 Å². The number of amides is 1. The van der Waals surface area contributed by atoms with Crippen molar-refractivity contribution in [2.45, 2.75) is 24.2 Å². The molecule has 1 amide bonds. The molecule has 1 aliphatic rings. The molecule has 0 radical (unpaired) electrons. The van der Waals surface area contributed by atoms with Gasteiger partial charge in [-0.25, -0.2) is 18.4 Å². The number of carbonyl (C=O) groups is 1. The van der Waals surface area contributed by atoms with Crippen LogP contribution in [-0.2, 0) is 22.7 Å². The number of benzene rings is 1. The van der Waals surface area contributed by atoms with Gasteiger partial charge in [0.25, 0.3) is 5.91 Å². The molecule has 2 aromatic rings. The number of sulfone groups is 1. The molecule has 0 spiro atoms. The quantitative estimate of drug-likeness (QED) is 0.929. The molecule has 1 N–H and O–H groups in total. The van der Waals surface area contributed by atoms with E-state index in [1.54, 1.807) is 12.1 Å². The monoisotopic (exact) mass is 317 g/mol. The third kappa shape index (κ3) is 2.71. The van der Waals surface area contributed by atoms with Crippen LogP contribution in [0.3, 0.4) is 0 Å². The Labute approximate surface area is 128 Å². The summed E-state index contributed by atoms with van der Waals surface area (Å²) in [4.78, 5) is 20.8. The van der Waals surface area contributed by atoms with Gasteiger partial charge in [-0.05, 0) is 31.4 Å². The average molecular weight is 317 g/mol. The van der Waals surface area contributed by atoms with E-state index in [9.17, 15) is 13.2 Å². The second-order valence-electron chi connectivity index (χ2n) is 5.22. The van der Waals surface area contributed by atoms with Crippen LogP contribution >= 0.6 is 0 Å². The lowest BCUT2D eigenvalue weighted by atomic mass is 10.2. The summed E-state index contributed by atoms with van der Waals surface area (Å²) in [5, 5.41) is 2.72. The van der Waals surface area contributed by atoms with Gasteiger partial charge in [0.2, 0.25) is 0 Å². The lowest BCUT2D eigenvalue weighted by molar-refractivity contribution is 0.102. The molecule has 3 rings (SSSR count). The number of aryl methyl sites for hydroxylation is 1. The number of nitrogens with zero attached hydrogens (tertiary/aromatic N) is 2. The summed E-state index contributed by atoms with van der Waals surface area (Å²) in [6.07, 6.45) is 5.18. The van der Waals surface area contributed by atoms with E-state index in [0.29, 0.717) is 5.82 Å². The molecule has 1 heterocycles. The Kier molecular flexibility index (Phi) is 3.66. The van der Waals surface area contributed by atoms with E-state index in [1.165, 1.54) is 18.5 Å². The van der Waals surface area contributed by atoms with E-state index in [0.717, 1.165) is 36.8 Å². The van der Waals surface area contributed by atoms with E-state index >= 15 is 0 Å². The highest BCUT2D eigenvalue weighted by Gasteiger charge is 2.22. The summed E-state index contributed by atoms with van der Waals surface area (Å²) >= 11 is 0. The Morgan fingerprint density at radius 3 is 2.73 bits per heavy atom. The molecular weight excluding hydrogens is 302 g/mol. The largest absolute Gasteiger partial charge is 0.306 e. The van der Waals surface area contributed by atoms with Gasteiger partial charge >= 0.3 is 0 Å². The first kappa shape index (κ1) is 14.6. The zero-order valence-corrected chi connectivity index (χ0v) is 12.9. The molecule has 0 atom stereocenters. The SMILES string of the molecule is CS(=O)(=O)c1ccccc1C(=O)Nc1ncnc2c1CCC2. The van der Waals surface area contributed by atoms with Crippen molar-refractivity contribution in [3.63, 3.8) is 0 Å². The molecule has 114 valence electrons. The van der Waals surface area contributed by atoms with Crippen LogP contribution in [0.25, 0.3) is 0 Å². The van der Waals surface area contributed by atoms with Crippen LogP contribution in [0.2, 0.25) is 0 Å². The van der Waals surface area contributed by atoms with Gasteiger partial charge in [0.05, 0.1) is 10.5 Å². The van der Waals surface area contributed by atoms with Crippen molar-refractivity contribution in [3.05, 3.63) is 47.4 Å². The molecule has 0 fully saturated rings. The molecule has 7 heteroatoms. The summed E-state index contributed by atoms with van der Waals surface area (Å²) in [5.74, 6) is -0.00960. The van der Waals surface area contributed by atoms with Crippen LogP contribution in [0.5, 0.6) is 0 Å². The highest BCUT2D eigenvalue weighted by Crippen LogP contribution is 2.26. The molecule has 0 unspecified atom stereocenters. The topological polar surface area (TPSA) is 89.0 Å². The van der Waals surface area contributed by atoms with Crippen molar-refractivity contribution >= 4 is 21.6 Å². The number of hydrogen-bond donors (Lipinski definition) is 1. The molecule has 1 aromatic heterocycles. The van der Waals surface area contributed by atoms with Crippen molar-refractivity contribution in [2.75, 3.05) is 11.6 Å². The Balaban J connectivity index is 1.96. The minimum absolute atomic E-state index is 0.0122. The molecule has 0 aliphatic heterocycles. The Bertz CT molecular complexity index is 847. The number of aromatic nitrogens is 2. The van der Waals surface area contributed by atoms with Crippen LogP contribution in [0.15, 0.2) is 35.5 Å². The molecule has 1 aliphatic carbocycles. The van der Waals surface area contributed by atoms with Gasteiger partial charge in [-0.3, -0.25) is 4.79 Å². The van der Waals surface area contributed by atoms with Crippen molar-refractivity contribution in [1.29, 1.82) is 0 Å². The lowest BCUT2D eigenvalue weighted by Gasteiger charge is -2.10. The highest BCUT2D eigenvalue weighted by atomic mass is 32.2. The number of rotatable bonds is 3. The fourth-order valence-corrected chi connectivity index (χ4v) is 3.51. The van der Waals surface area contributed by atoms with Crippen LogP contribution in [0, 0.1) is 0 Å². The first-order valence-corrected chi connectivity index (χ1v) is 8.79. The first-order valence-electron chi connectivity index (χ1n) is 6.90. The number of anilines is 1. The van der Waals surface area contributed by atoms with Crippen molar-refractivity contribution in [1.82, 2.24) is 9.97 Å². The normalized spacial score (nSPS) is 13.7. The molecule has 1 aromatic carbocycles. The van der Waals surface area contributed by atoms with E-state index in [-0.39, 0.29) is 10.5 Å². The third-order valence-corrected chi connectivity index (χ3v) is 4.79. The maximum absolute atomic E-state index is 12.4. The molecule has 0 saturated heterocycles. The van der Waals surface area contributed by atoms with Crippen molar-refractivity contribution in [3.8, 4) is 0 Å². The van der Waals surface area contributed by atoms with Gasteiger partial charge < -0.3 is 5.32 Å². The zero-order chi connectivity index (χ0) is 15.7. The van der Waals surface area contributed by atoms with Crippen LogP contribution in [-0.4, -0.2) is 30.5 Å². The van der Waals surface area contributed by atoms with Gasteiger partial charge in [-0.1, -0.05) is 12.1 Å². The predicted octanol–water partition coefficient (Wildman–Crippen LogP) is 1.62. The summed E-state index contributed by atoms with van der Waals surface area (Å²) in [5.41, 5.74) is 2.00. The minimum atomic E-state index is -3.48. The zero-order valence-electron chi connectivity index (χ0n) is 12.0. The minimum Gasteiger partial charge on any atom is -0.306 e. The number of carbonyl (C=O) groups excluding carboxylic acids is 1. The maximum atomic E-state index is 12.4. The fourth-order valence-electron chi connectivity index (χ4n) is 2.62. The molecule has 6 nitrogen and oxygen atoms in total. The number of fused-ring (bicyclic) bond motifs is 1. The number of hydrogen-bond acceptors (Lipinski definition) is 5. The second-order valence-corrected chi connectivity index (χ2v) is 7.21. The van der Waals surface area contributed by atoms with E-state index in [4.69, 9.17) is 0 Å². The maximum Gasteiger partial charge on any atom is 0.258 e. The van der Waals surface area contributed by atoms with Gasteiger partial charge in [-0.15, -0.1) is 0 Å². The second kappa shape index (κ2) is 5.49. The Hall–Kier alpha value is -2.28. The lowest BCUT2D eigenvalue weighted by Crippen LogP contribution is -2.18. The van der Waals surface area contributed by atoms with E-state index in [2.05, 4.69) is 15.3 Å². The van der Waals surface area contributed by atoms with Gasteiger partial charge in [0.1, 0.15) is 12.1 Å². The van der Waals surface area contributed by atoms with E-state index in [1.807, 2.05) is 0 Å². The fraction of sp³-hybridized carbons (Fsp3) is 0.267. The van der Waals surface area contributed by atoms with Crippen LogP contribution in [0.1, 0.15) is 28.0 Å². The standard InChI is InChI=1S/C15H15N3O3S/c1-22(20,21)13-8-3-2-5-11(13)15(19)18-14-10-6-4-7-12(10)16-9-17-14/h2-3,5,8-9H,4,6-7H2,1H3,(H,16,17,18,19). The first-order chi connectivity index (χ1) is 10.5. The summed E-state index contributed by atoms with van der Waals surface area (Å²) in [7, 11) is -3.48. The summed E-state index contributed by atoms with van der Waals surface area (Å²) in [6.45, 7) is 0. The predicted molar refractivity (Wildman–Crippen MR) is 81.6 cm³/mol. The molecular formula is C15H15N3O3S. The highest BCUT2D eigenvalue weighted by molar-refractivity contribution is 7.90. The van der Waals surface area contributed by atoms with Crippen LogP contribution in [0.4, 0.5) is 5.82 Å². The number of nitrogens with one attached hydrogen (secondary N) is 1. The van der Waals surface area contributed by atoms with Crippen LogP contribution < -0.4 is 5.32 Å². The Morgan fingerprint density at radius 1 is 1.18 bits per heavy atom. The average Bonchev–Trinajstić information content (AvgIpc) is 2.96. The van der Waals surface area contributed by atoms with Gasteiger partial charge in [0.15, 0.2) is 9.84 Å². The molecule has 22 heavy (non-hydrogen) atoms. The third-order valence-electron chi connectivity index (χ3n) is 3.64. The summed E-state index contributed by atoms with van der Waals surface area (Å²) in [6, 6.07) is 6.14. The van der Waals surface area contributed by atoms with Crippen molar-refractivity contribution in [2.24, 2.45) is 0 Å². The molecule has 0 bridgehead atoms. The van der Waals surface area contributed by atoms with Crippen molar-refractivity contribution < 1.29 is 13.2 Å². The van der Waals surface area contributed by atoms with E-state index < -0.39 is 15.7 Å². The molecule has 0 saturated carbocycles.